The van der Waals surface area contributed by atoms with E-state index in [1.165, 1.54) is 22.2 Å². The molecule has 0 aliphatic carbocycles. The fraction of sp³-hybridized carbons (Fsp3) is 0.120. The molecule has 0 spiro atoms. The minimum absolute atomic E-state index is 0.0521. The van der Waals surface area contributed by atoms with Gasteiger partial charge in [0.15, 0.2) is 0 Å². The zero-order chi connectivity index (χ0) is 24.5. The predicted octanol–water partition coefficient (Wildman–Crippen LogP) is 4.74. The number of ether oxygens (including phenoxy) is 1. The van der Waals surface area contributed by atoms with E-state index >= 15 is 0 Å². The Morgan fingerprint density at radius 1 is 0.971 bits per heavy atom. The smallest absolute Gasteiger partial charge is 0.340 e. The Kier molecular flexibility index (Phi) is 6.45. The van der Waals surface area contributed by atoms with Crippen LogP contribution in [-0.2, 0) is 21.3 Å². The van der Waals surface area contributed by atoms with Gasteiger partial charge in [0.2, 0.25) is 10.0 Å². The van der Waals surface area contributed by atoms with Crippen LogP contribution in [0.1, 0.15) is 26.3 Å². The monoisotopic (exact) mass is 496 g/mol. The highest BCUT2D eigenvalue weighted by Crippen LogP contribution is 2.26. The van der Waals surface area contributed by atoms with Gasteiger partial charge >= 0.3 is 5.97 Å². The van der Waals surface area contributed by atoms with E-state index in [2.05, 4.69) is 0 Å². The number of rotatable bonds is 6. The summed E-state index contributed by atoms with van der Waals surface area (Å²) in [5.74, 6) is -0.906. The lowest BCUT2D eigenvalue weighted by atomic mass is 10.1. The summed E-state index contributed by atoms with van der Waals surface area (Å²) >= 11 is 6.22. The Balaban J connectivity index is 1.69. The third-order valence-corrected chi connectivity index (χ3v) is 6.92. The van der Waals surface area contributed by atoms with Crippen LogP contribution < -0.4 is 4.31 Å². The summed E-state index contributed by atoms with van der Waals surface area (Å²) in [7, 11) is -2.34. The number of benzene rings is 3. The van der Waals surface area contributed by atoms with E-state index in [-0.39, 0.29) is 18.0 Å². The molecule has 0 aliphatic rings. The van der Waals surface area contributed by atoms with Crippen LogP contribution in [0.25, 0.3) is 10.9 Å². The zero-order valence-corrected chi connectivity index (χ0v) is 20.0. The summed E-state index contributed by atoms with van der Waals surface area (Å²) < 4.78 is 32.4. The van der Waals surface area contributed by atoms with E-state index in [1.54, 1.807) is 72.8 Å². The van der Waals surface area contributed by atoms with E-state index in [0.29, 0.717) is 32.7 Å². The quantitative estimate of drug-likeness (QED) is 0.360. The van der Waals surface area contributed by atoms with Gasteiger partial charge in [-0.2, -0.15) is 0 Å². The summed E-state index contributed by atoms with van der Waals surface area (Å²) in [5.41, 5.74) is 2.22. The number of hydrogen-bond donors (Lipinski definition) is 0. The van der Waals surface area contributed by atoms with Gasteiger partial charge in [-0.05, 0) is 42.0 Å². The standard InChI is InChI=1S/C25H21ClN2O5S/c1-33-25(30)21-16-27(23-10-6-4-8-20(21)23)24(29)17-11-13-19(14-12-17)28(34(2,31)32)15-18-7-3-5-9-22(18)26/h3-14,16H,15H2,1-2H3. The number of halogens is 1. The number of nitrogens with zero attached hydrogens (tertiary/aromatic N) is 2. The summed E-state index contributed by atoms with van der Waals surface area (Å²) in [6, 6.07) is 20.3. The molecule has 3 aromatic carbocycles. The maximum Gasteiger partial charge on any atom is 0.340 e. The Hall–Kier alpha value is -3.62. The van der Waals surface area contributed by atoms with Gasteiger partial charge in [-0.15, -0.1) is 0 Å². The molecule has 0 bridgehead atoms. The number of anilines is 1. The van der Waals surface area contributed by atoms with E-state index in [4.69, 9.17) is 16.3 Å². The summed E-state index contributed by atoms with van der Waals surface area (Å²) in [6.07, 6.45) is 2.57. The second kappa shape index (κ2) is 9.32. The first kappa shape index (κ1) is 23.5. The second-order valence-electron chi connectivity index (χ2n) is 7.63. The average molecular weight is 497 g/mol. The highest BCUT2D eigenvalue weighted by atomic mass is 35.5. The highest BCUT2D eigenvalue weighted by molar-refractivity contribution is 7.92. The van der Waals surface area contributed by atoms with Crippen LogP contribution in [0.5, 0.6) is 0 Å². The predicted molar refractivity (Wildman–Crippen MR) is 132 cm³/mol. The maximum absolute atomic E-state index is 13.3. The molecular formula is C25H21ClN2O5S. The number of carbonyl (C=O) groups excluding carboxylic acids is 2. The summed E-state index contributed by atoms with van der Waals surface area (Å²) in [5, 5.41) is 1.06. The second-order valence-corrected chi connectivity index (χ2v) is 9.95. The van der Waals surface area contributed by atoms with E-state index in [0.717, 1.165) is 6.26 Å². The molecule has 1 heterocycles. The normalized spacial score (nSPS) is 11.4. The minimum Gasteiger partial charge on any atom is -0.465 e. The Morgan fingerprint density at radius 2 is 1.62 bits per heavy atom. The molecule has 0 saturated heterocycles. The lowest BCUT2D eigenvalue weighted by Crippen LogP contribution is -2.29. The SMILES string of the molecule is COC(=O)c1cn(C(=O)c2ccc(N(Cc3ccccc3Cl)S(C)(=O)=O)cc2)c2ccccc12. The van der Waals surface area contributed by atoms with Crippen LogP contribution >= 0.6 is 11.6 Å². The molecule has 1 aromatic heterocycles. The molecule has 0 N–H and O–H groups in total. The number of para-hydroxylation sites is 1. The van der Waals surface area contributed by atoms with Crippen molar-refractivity contribution in [3.8, 4) is 0 Å². The average Bonchev–Trinajstić information content (AvgIpc) is 3.22. The van der Waals surface area contributed by atoms with Crippen LogP contribution in [-0.4, -0.2) is 38.2 Å². The van der Waals surface area contributed by atoms with Gasteiger partial charge in [0.25, 0.3) is 5.91 Å². The Bertz CT molecular complexity index is 1490. The van der Waals surface area contributed by atoms with Crippen molar-refractivity contribution in [2.75, 3.05) is 17.7 Å². The van der Waals surface area contributed by atoms with Crippen molar-refractivity contribution in [2.24, 2.45) is 0 Å². The summed E-state index contributed by atoms with van der Waals surface area (Å²) in [4.78, 5) is 25.4. The van der Waals surface area contributed by atoms with E-state index in [9.17, 15) is 18.0 Å². The van der Waals surface area contributed by atoms with Crippen molar-refractivity contribution in [3.05, 3.63) is 101 Å². The number of methoxy groups -OCH3 is 1. The number of carbonyl (C=O) groups is 2. The van der Waals surface area contributed by atoms with Crippen molar-refractivity contribution >= 4 is 50.1 Å². The molecule has 0 saturated carbocycles. The number of aromatic nitrogens is 1. The van der Waals surface area contributed by atoms with Gasteiger partial charge in [0, 0.05) is 22.2 Å². The van der Waals surface area contributed by atoms with Gasteiger partial charge in [0.1, 0.15) is 0 Å². The molecule has 34 heavy (non-hydrogen) atoms. The number of hydrogen-bond acceptors (Lipinski definition) is 5. The van der Waals surface area contributed by atoms with Crippen LogP contribution in [0.15, 0.2) is 79.0 Å². The molecule has 0 radical (unpaired) electrons. The lowest BCUT2D eigenvalue weighted by Gasteiger charge is -2.23. The van der Waals surface area contributed by atoms with Crippen LogP contribution in [0.2, 0.25) is 5.02 Å². The van der Waals surface area contributed by atoms with Crippen LogP contribution in [0.3, 0.4) is 0 Å². The number of sulfonamides is 1. The topological polar surface area (TPSA) is 85.7 Å². The van der Waals surface area contributed by atoms with Crippen molar-refractivity contribution < 1.29 is 22.7 Å². The van der Waals surface area contributed by atoms with Gasteiger partial charge in [-0.1, -0.05) is 48.0 Å². The maximum atomic E-state index is 13.3. The molecule has 0 aliphatic heterocycles. The van der Waals surface area contributed by atoms with Crippen molar-refractivity contribution in [1.82, 2.24) is 4.57 Å². The molecule has 0 unspecified atom stereocenters. The molecule has 0 atom stereocenters. The lowest BCUT2D eigenvalue weighted by molar-refractivity contribution is 0.0603. The largest absolute Gasteiger partial charge is 0.465 e. The molecule has 7 nitrogen and oxygen atoms in total. The fourth-order valence-electron chi connectivity index (χ4n) is 3.71. The molecule has 4 aromatic rings. The first-order valence-corrected chi connectivity index (χ1v) is 12.5. The fourth-order valence-corrected chi connectivity index (χ4v) is 4.78. The van der Waals surface area contributed by atoms with Crippen LogP contribution in [0, 0.1) is 0 Å². The highest BCUT2D eigenvalue weighted by Gasteiger charge is 2.22. The molecule has 9 heteroatoms. The Morgan fingerprint density at radius 3 is 2.26 bits per heavy atom. The van der Waals surface area contributed by atoms with E-state index < -0.39 is 16.0 Å². The third-order valence-electron chi connectivity index (χ3n) is 5.41. The van der Waals surface area contributed by atoms with Crippen molar-refractivity contribution in [3.63, 3.8) is 0 Å². The third kappa shape index (κ3) is 4.55. The van der Waals surface area contributed by atoms with E-state index in [1.807, 2.05) is 0 Å². The van der Waals surface area contributed by atoms with Gasteiger partial charge < -0.3 is 4.74 Å². The molecule has 174 valence electrons. The van der Waals surface area contributed by atoms with Gasteiger partial charge in [-0.3, -0.25) is 13.7 Å². The Labute approximate surface area is 202 Å². The molecule has 0 amide bonds. The van der Waals surface area contributed by atoms with Gasteiger partial charge in [0.05, 0.1) is 36.7 Å². The van der Waals surface area contributed by atoms with Crippen LogP contribution in [0.4, 0.5) is 5.69 Å². The van der Waals surface area contributed by atoms with Gasteiger partial charge in [-0.25, -0.2) is 13.2 Å². The number of fused-ring (bicyclic) bond motifs is 1. The first-order chi connectivity index (χ1) is 16.2. The number of esters is 1. The van der Waals surface area contributed by atoms with Crippen molar-refractivity contribution in [2.45, 2.75) is 6.54 Å². The summed E-state index contributed by atoms with van der Waals surface area (Å²) in [6.45, 7) is 0.0521. The van der Waals surface area contributed by atoms with Crippen molar-refractivity contribution in [1.29, 1.82) is 0 Å². The minimum atomic E-state index is -3.62. The zero-order valence-electron chi connectivity index (χ0n) is 18.4. The molecule has 0 fully saturated rings. The molecular weight excluding hydrogens is 476 g/mol. The first-order valence-electron chi connectivity index (χ1n) is 10.2. The molecule has 4 rings (SSSR count).